The van der Waals surface area contributed by atoms with E-state index in [0.717, 1.165) is 0 Å². The van der Waals surface area contributed by atoms with Crippen LogP contribution in [0.4, 0.5) is 4.79 Å². The van der Waals surface area contributed by atoms with Crippen molar-refractivity contribution in [2.24, 2.45) is 5.10 Å². The maximum atomic E-state index is 10.5. The predicted octanol–water partition coefficient (Wildman–Crippen LogP) is -0.670. The van der Waals surface area contributed by atoms with Crippen molar-refractivity contribution >= 4 is 23.0 Å². The van der Waals surface area contributed by atoms with Crippen LogP contribution in [0.1, 0.15) is 6.92 Å². The maximum Gasteiger partial charge on any atom is 0.427 e. The Bertz CT molecular complexity index is 228. The minimum Gasteiger partial charge on any atom is -0.447 e. The molecule has 0 aliphatic carbocycles. The molecule has 0 unspecified atom stereocenters. The van der Waals surface area contributed by atoms with Crippen molar-refractivity contribution in [2.75, 3.05) is 12.4 Å². The van der Waals surface area contributed by atoms with Crippen molar-refractivity contribution in [3.8, 4) is 0 Å². The highest BCUT2D eigenvalue weighted by molar-refractivity contribution is 7.72. The topological polar surface area (TPSA) is 84.8 Å². The van der Waals surface area contributed by atoms with Crippen molar-refractivity contribution in [1.29, 1.82) is 0 Å². The fraction of sp³-hybridized carbons (Fsp3) is 0.600. The molecule has 0 fully saturated rings. The van der Waals surface area contributed by atoms with Crippen molar-refractivity contribution < 1.29 is 17.9 Å². The molecular weight excluding hydrogens is 184 g/mol. The van der Waals surface area contributed by atoms with Crippen molar-refractivity contribution in [1.82, 2.24) is 5.43 Å². The third kappa shape index (κ3) is 7.00. The molecule has 0 aromatic carbocycles. The molecule has 6 nitrogen and oxygen atoms in total. The number of carbonyl (C=O) groups is 1. The summed E-state index contributed by atoms with van der Waals surface area (Å²) in [7, 11) is -2.49. The third-order valence-electron chi connectivity index (χ3n) is 0.792. The van der Waals surface area contributed by atoms with Gasteiger partial charge in [0.25, 0.3) is 0 Å². The quantitative estimate of drug-likeness (QED) is 0.353. The molecule has 0 aromatic rings. The van der Waals surface area contributed by atoms with Gasteiger partial charge in [-0.3, -0.25) is 0 Å². The Morgan fingerprint density at radius 2 is 2.33 bits per heavy atom. The van der Waals surface area contributed by atoms with Crippen LogP contribution in [0.3, 0.4) is 0 Å². The summed E-state index contributed by atoms with van der Waals surface area (Å²) in [5, 5.41) is 3.37. The molecule has 0 radical (unpaired) electrons. The van der Waals surface area contributed by atoms with E-state index in [2.05, 4.69) is 9.84 Å². The minimum absolute atomic E-state index is 0.149. The Hall–Kier alpha value is -1.11. The number of ether oxygens (including phenoxy) is 1. The third-order valence-corrected chi connectivity index (χ3v) is 1.34. The average Bonchev–Trinajstić information content (AvgIpc) is 2.00. The summed E-state index contributed by atoms with van der Waals surface area (Å²) in [6, 6.07) is 0. The van der Waals surface area contributed by atoms with E-state index in [0.29, 0.717) is 0 Å². The maximum absolute atomic E-state index is 10.5. The molecule has 70 valence electrons. The lowest BCUT2D eigenvalue weighted by molar-refractivity contribution is 0.153. The molecule has 0 aromatic heterocycles. The van der Waals surface area contributed by atoms with Gasteiger partial charge in [0.1, 0.15) is 17.3 Å². The summed E-state index contributed by atoms with van der Waals surface area (Å²) in [6.45, 7) is 1.47. The van der Waals surface area contributed by atoms with Gasteiger partial charge in [-0.15, -0.1) is 0 Å². The van der Waals surface area contributed by atoms with E-state index in [-0.39, 0.29) is 12.4 Å². The Balaban J connectivity index is 3.44. The van der Waals surface area contributed by atoms with Crippen LogP contribution >= 0.6 is 0 Å². The fourth-order valence-electron chi connectivity index (χ4n) is 0.362. The first-order chi connectivity index (χ1) is 5.66. The molecule has 0 bridgehead atoms. The van der Waals surface area contributed by atoms with E-state index < -0.39 is 16.8 Å². The lowest BCUT2D eigenvalue weighted by Gasteiger charge is -1.99. The summed E-state index contributed by atoms with van der Waals surface area (Å²) in [5.41, 5.74) is 2.02. The molecule has 0 atom stereocenters. The molecule has 0 aliphatic heterocycles. The predicted molar refractivity (Wildman–Crippen MR) is 43.8 cm³/mol. The van der Waals surface area contributed by atoms with Gasteiger partial charge in [-0.2, -0.15) is 5.10 Å². The number of hydrogen-bond donors (Lipinski definition) is 2. The van der Waals surface area contributed by atoms with Crippen LogP contribution in [0.2, 0.25) is 0 Å². The zero-order valence-corrected chi connectivity index (χ0v) is 7.41. The second-order valence-electron chi connectivity index (χ2n) is 1.69. The molecule has 0 saturated heterocycles. The van der Waals surface area contributed by atoms with Crippen LogP contribution in [0, 0.1) is 0 Å². The summed E-state index contributed by atoms with van der Waals surface area (Å²) in [4.78, 5) is 10.5. The normalized spacial score (nSPS) is 10.5. The first-order valence-corrected chi connectivity index (χ1v) is 4.55. The fourth-order valence-corrected chi connectivity index (χ4v) is 0.603. The standard InChI is InChI=1S/C5H10N2O4S/c1-2-6-7-5(8)11-3-4-12(9)10/h2,12H,3-4H2,1H3,(H,7,8)/b6-2+. The monoisotopic (exact) mass is 194 g/mol. The second kappa shape index (κ2) is 6.59. The largest absolute Gasteiger partial charge is 0.447 e. The van der Waals surface area contributed by atoms with Crippen molar-refractivity contribution in [3.05, 3.63) is 0 Å². The minimum atomic E-state index is -2.49. The van der Waals surface area contributed by atoms with E-state index >= 15 is 0 Å². The lowest BCUT2D eigenvalue weighted by atomic mass is 10.8. The Morgan fingerprint density at radius 3 is 2.83 bits per heavy atom. The molecule has 1 amide bonds. The van der Waals surface area contributed by atoms with E-state index in [1.807, 2.05) is 5.43 Å². The molecule has 0 spiro atoms. The first kappa shape index (κ1) is 10.9. The number of nitrogens with one attached hydrogen (secondary N) is 1. The molecule has 12 heavy (non-hydrogen) atoms. The van der Waals surface area contributed by atoms with Gasteiger partial charge in [-0.05, 0) is 6.92 Å². The Labute approximate surface area is 71.5 Å². The molecule has 7 heteroatoms. The van der Waals surface area contributed by atoms with Gasteiger partial charge in [0.05, 0.1) is 5.75 Å². The van der Waals surface area contributed by atoms with Gasteiger partial charge in [0.2, 0.25) is 0 Å². The highest BCUT2D eigenvalue weighted by atomic mass is 32.2. The number of carbonyl (C=O) groups excluding carboxylic acids is 1. The van der Waals surface area contributed by atoms with Crippen LogP contribution in [0.15, 0.2) is 5.10 Å². The highest BCUT2D eigenvalue weighted by Gasteiger charge is 1.98. The second-order valence-corrected chi connectivity index (χ2v) is 2.80. The molecule has 0 aliphatic rings. The molecule has 0 rings (SSSR count). The summed E-state index contributed by atoms with van der Waals surface area (Å²) in [5.74, 6) is -0.168. The zero-order valence-electron chi connectivity index (χ0n) is 6.52. The molecular formula is C5H10N2O4S. The number of hydrazone groups is 1. The van der Waals surface area contributed by atoms with Gasteiger partial charge < -0.3 is 4.74 Å². The highest BCUT2D eigenvalue weighted by Crippen LogP contribution is 1.77. The number of rotatable bonds is 4. The van der Waals surface area contributed by atoms with Crippen LogP contribution in [0.25, 0.3) is 0 Å². The van der Waals surface area contributed by atoms with Crippen molar-refractivity contribution in [2.45, 2.75) is 6.92 Å². The summed E-state index contributed by atoms with van der Waals surface area (Å²) < 4.78 is 24.4. The van der Waals surface area contributed by atoms with Gasteiger partial charge in [0, 0.05) is 6.21 Å². The Morgan fingerprint density at radius 1 is 1.67 bits per heavy atom. The summed E-state index contributed by atoms with van der Waals surface area (Å²) in [6.07, 6.45) is 0.611. The van der Waals surface area contributed by atoms with Gasteiger partial charge >= 0.3 is 6.09 Å². The van der Waals surface area contributed by atoms with E-state index in [1.54, 1.807) is 6.92 Å². The molecule has 0 heterocycles. The number of nitrogens with zero attached hydrogens (tertiary/aromatic N) is 1. The Kier molecular flexibility index (Phi) is 5.98. The van der Waals surface area contributed by atoms with Gasteiger partial charge in [-0.25, -0.2) is 18.6 Å². The smallest absolute Gasteiger partial charge is 0.427 e. The number of hydrogen-bond acceptors (Lipinski definition) is 5. The molecule has 0 saturated carbocycles. The number of thiol groups is 1. The van der Waals surface area contributed by atoms with Crippen LogP contribution in [-0.2, 0) is 15.4 Å². The van der Waals surface area contributed by atoms with Crippen molar-refractivity contribution in [3.63, 3.8) is 0 Å². The lowest BCUT2D eigenvalue weighted by Crippen LogP contribution is -2.20. The van der Waals surface area contributed by atoms with E-state index in [1.165, 1.54) is 6.21 Å². The van der Waals surface area contributed by atoms with E-state index in [4.69, 9.17) is 0 Å². The van der Waals surface area contributed by atoms with Crippen LogP contribution < -0.4 is 5.43 Å². The zero-order chi connectivity index (χ0) is 9.40. The summed E-state index contributed by atoms with van der Waals surface area (Å²) >= 11 is 0. The number of amides is 1. The molecule has 1 N–H and O–H groups in total. The average molecular weight is 194 g/mol. The van der Waals surface area contributed by atoms with Crippen LogP contribution in [-0.4, -0.2) is 33.1 Å². The van der Waals surface area contributed by atoms with Gasteiger partial charge in [0.15, 0.2) is 0 Å². The van der Waals surface area contributed by atoms with E-state index in [9.17, 15) is 13.2 Å². The first-order valence-electron chi connectivity index (χ1n) is 3.19. The van der Waals surface area contributed by atoms with Crippen LogP contribution in [0.5, 0.6) is 0 Å². The SMILES string of the molecule is C/C=N/NC(=O)OCC[SH](=O)=O. The van der Waals surface area contributed by atoms with Gasteiger partial charge in [-0.1, -0.05) is 0 Å².